The molecule has 27 heavy (non-hydrogen) atoms. The highest BCUT2D eigenvalue weighted by atomic mass is 14.5. The van der Waals surface area contributed by atoms with Gasteiger partial charge in [0.2, 0.25) is 0 Å². The zero-order valence-corrected chi connectivity index (χ0v) is 15.6. The van der Waals surface area contributed by atoms with Crippen molar-refractivity contribution in [2.24, 2.45) is 0 Å². The minimum atomic E-state index is -0.335. The lowest BCUT2D eigenvalue weighted by molar-refractivity contribution is 0.758. The van der Waals surface area contributed by atoms with Gasteiger partial charge in [0.05, 0.1) is 5.41 Å². The summed E-state index contributed by atoms with van der Waals surface area (Å²) < 4.78 is 0. The van der Waals surface area contributed by atoms with Gasteiger partial charge in [-0.25, -0.2) is 0 Å². The summed E-state index contributed by atoms with van der Waals surface area (Å²) in [6.45, 7) is 6.81. The number of benzene rings is 3. The van der Waals surface area contributed by atoms with Gasteiger partial charge in [0.25, 0.3) is 0 Å². The Morgan fingerprint density at radius 1 is 0.741 bits per heavy atom. The predicted molar refractivity (Wildman–Crippen MR) is 114 cm³/mol. The molecule has 2 aliphatic carbocycles. The van der Waals surface area contributed by atoms with Gasteiger partial charge >= 0.3 is 0 Å². The fourth-order valence-electron chi connectivity index (χ4n) is 4.90. The maximum absolute atomic E-state index is 4.60. The third-order valence-corrected chi connectivity index (χ3v) is 6.00. The summed E-state index contributed by atoms with van der Waals surface area (Å²) in [6, 6.07) is 26.5. The zero-order valence-electron chi connectivity index (χ0n) is 15.6. The monoisotopic (exact) mass is 346 g/mol. The van der Waals surface area contributed by atoms with Crippen LogP contribution in [0.1, 0.15) is 29.2 Å². The largest absolute Gasteiger partial charge is 0.0942 e. The second-order valence-corrected chi connectivity index (χ2v) is 7.57. The fourth-order valence-corrected chi connectivity index (χ4v) is 4.90. The average Bonchev–Trinajstić information content (AvgIpc) is 3.01. The van der Waals surface area contributed by atoms with Gasteiger partial charge in [0, 0.05) is 0 Å². The van der Waals surface area contributed by atoms with E-state index in [2.05, 4.69) is 105 Å². The lowest BCUT2D eigenvalue weighted by atomic mass is 9.66. The van der Waals surface area contributed by atoms with Crippen LogP contribution in [-0.4, -0.2) is 0 Å². The molecule has 0 aromatic heterocycles. The van der Waals surface area contributed by atoms with Crippen molar-refractivity contribution in [3.8, 4) is 11.1 Å². The van der Waals surface area contributed by atoms with Crippen molar-refractivity contribution in [1.29, 1.82) is 0 Å². The average molecular weight is 346 g/mol. The molecule has 130 valence electrons. The van der Waals surface area contributed by atoms with Crippen LogP contribution in [0.3, 0.4) is 0 Å². The molecule has 0 N–H and O–H groups in total. The Morgan fingerprint density at radius 3 is 1.96 bits per heavy atom. The molecule has 2 aliphatic rings. The van der Waals surface area contributed by atoms with Crippen molar-refractivity contribution in [2.45, 2.75) is 18.8 Å². The number of rotatable bonds is 0. The van der Waals surface area contributed by atoms with Crippen LogP contribution in [0.2, 0.25) is 0 Å². The summed E-state index contributed by atoms with van der Waals surface area (Å²) in [5.74, 6) is 0. The van der Waals surface area contributed by atoms with Gasteiger partial charge in [-0.3, -0.25) is 0 Å². The highest BCUT2D eigenvalue weighted by Gasteiger charge is 2.46. The first-order valence-electron chi connectivity index (χ1n) is 9.54. The molecule has 0 amide bonds. The quantitative estimate of drug-likeness (QED) is 0.429. The molecule has 0 bridgehead atoms. The maximum atomic E-state index is 4.60. The molecular formula is C27H22. The van der Waals surface area contributed by atoms with Gasteiger partial charge < -0.3 is 0 Å². The molecule has 0 radical (unpaired) electrons. The number of hydrogen-bond donors (Lipinski definition) is 0. The molecule has 0 heterocycles. The summed E-state index contributed by atoms with van der Waals surface area (Å²) in [7, 11) is 0. The highest BCUT2D eigenvalue weighted by Crippen LogP contribution is 2.56. The third-order valence-electron chi connectivity index (χ3n) is 6.00. The van der Waals surface area contributed by atoms with E-state index < -0.39 is 0 Å². The van der Waals surface area contributed by atoms with Crippen LogP contribution >= 0.6 is 0 Å². The summed E-state index contributed by atoms with van der Waals surface area (Å²) in [5, 5.41) is 0. The van der Waals surface area contributed by atoms with Crippen molar-refractivity contribution in [3.05, 3.63) is 131 Å². The summed E-state index contributed by atoms with van der Waals surface area (Å²) in [4.78, 5) is 0. The van der Waals surface area contributed by atoms with Crippen LogP contribution < -0.4 is 0 Å². The number of allylic oxidation sites excluding steroid dienone is 5. The van der Waals surface area contributed by atoms with Crippen LogP contribution in [0.15, 0.2) is 109 Å². The lowest BCUT2D eigenvalue weighted by Gasteiger charge is -2.35. The fraction of sp³-hybridized carbons (Fsp3) is 0.111. The standard InChI is InChI=1S/C27H22/c1-19-10-9-11-20(2)27(24-15-6-3-12-21(24)18-19)25-16-7-4-13-22(25)23-14-5-8-17-26(23)27/h3-17H,2,18H2,1H3/b11-9-,19-10-. The van der Waals surface area contributed by atoms with Crippen LogP contribution in [0.4, 0.5) is 0 Å². The van der Waals surface area contributed by atoms with E-state index in [-0.39, 0.29) is 5.41 Å². The molecule has 3 aromatic carbocycles. The van der Waals surface area contributed by atoms with E-state index in [1.807, 2.05) is 0 Å². The Balaban J connectivity index is 1.96. The number of hydrogen-bond acceptors (Lipinski definition) is 0. The summed E-state index contributed by atoms with van der Waals surface area (Å²) in [5.41, 5.74) is 10.2. The van der Waals surface area contributed by atoms with Crippen molar-refractivity contribution in [1.82, 2.24) is 0 Å². The van der Waals surface area contributed by atoms with E-state index in [0.29, 0.717) is 0 Å². The molecule has 0 aliphatic heterocycles. The molecule has 0 nitrogen and oxygen atoms in total. The molecule has 0 saturated carbocycles. The Hall–Kier alpha value is -3.12. The Morgan fingerprint density at radius 2 is 1.30 bits per heavy atom. The van der Waals surface area contributed by atoms with Crippen LogP contribution in [-0.2, 0) is 11.8 Å². The second-order valence-electron chi connectivity index (χ2n) is 7.57. The zero-order chi connectivity index (χ0) is 18.4. The van der Waals surface area contributed by atoms with Crippen LogP contribution in [0, 0.1) is 0 Å². The lowest BCUT2D eigenvalue weighted by Crippen LogP contribution is -2.29. The van der Waals surface area contributed by atoms with Crippen LogP contribution in [0.5, 0.6) is 0 Å². The van der Waals surface area contributed by atoms with E-state index in [4.69, 9.17) is 0 Å². The van der Waals surface area contributed by atoms with Gasteiger partial charge in [-0.1, -0.05) is 103 Å². The molecule has 3 aromatic rings. The minimum absolute atomic E-state index is 0.335. The molecule has 0 saturated heterocycles. The van der Waals surface area contributed by atoms with Gasteiger partial charge in [-0.15, -0.1) is 0 Å². The molecule has 0 heteroatoms. The molecule has 0 unspecified atom stereocenters. The van der Waals surface area contributed by atoms with Crippen molar-refractivity contribution >= 4 is 0 Å². The first-order valence-corrected chi connectivity index (χ1v) is 9.54. The van der Waals surface area contributed by atoms with Crippen molar-refractivity contribution < 1.29 is 0 Å². The first-order chi connectivity index (χ1) is 13.2. The predicted octanol–water partition coefficient (Wildman–Crippen LogP) is 6.62. The Bertz CT molecular complexity index is 1080. The minimum Gasteiger partial charge on any atom is -0.0942 e. The molecule has 0 atom stereocenters. The molecule has 0 fully saturated rings. The highest BCUT2D eigenvalue weighted by molar-refractivity contribution is 5.86. The van der Waals surface area contributed by atoms with E-state index in [9.17, 15) is 0 Å². The number of fused-ring (bicyclic) bond motifs is 7. The van der Waals surface area contributed by atoms with Crippen molar-refractivity contribution in [3.63, 3.8) is 0 Å². The first kappa shape index (κ1) is 16.1. The van der Waals surface area contributed by atoms with E-state index >= 15 is 0 Å². The van der Waals surface area contributed by atoms with E-state index in [1.165, 1.54) is 39.0 Å². The van der Waals surface area contributed by atoms with E-state index in [0.717, 1.165) is 12.0 Å². The van der Waals surface area contributed by atoms with Gasteiger partial charge in [-0.05, 0) is 52.3 Å². The molecule has 5 rings (SSSR count). The van der Waals surface area contributed by atoms with Gasteiger partial charge in [0.1, 0.15) is 0 Å². The van der Waals surface area contributed by atoms with E-state index in [1.54, 1.807) is 0 Å². The topological polar surface area (TPSA) is 0 Å². The van der Waals surface area contributed by atoms with Gasteiger partial charge in [-0.2, -0.15) is 0 Å². The third kappa shape index (κ3) is 2.16. The normalized spacial score (nSPS) is 19.7. The Kier molecular flexibility index (Phi) is 3.55. The SMILES string of the molecule is C=C1/C=C\C=C(\C)Cc2ccccc2C12c1ccccc1-c1ccccc12. The summed E-state index contributed by atoms with van der Waals surface area (Å²) >= 11 is 0. The summed E-state index contributed by atoms with van der Waals surface area (Å²) in [6.07, 6.45) is 7.53. The molecule has 1 spiro atoms. The molecular weight excluding hydrogens is 324 g/mol. The Labute approximate surface area is 161 Å². The van der Waals surface area contributed by atoms with Gasteiger partial charge in [0.15, 0.2) is 0 Å². The van der Waals surface area contributed by atoms with Crippen molar-refractivity contribution in [2.75, 3.05) is 0 Å². The van der Waals surface area contributed by atoms with Crippen LogP contribution in [0.25, 0.3) is 11.1 Å². The maximum Gasteiger partial charge on any atom is 0.0710 e. The second kappa shape index (κ2) is 5.96. The smallest absolute Gasteiger partial charge is 0.0710 e.